The molecule has 0 unspecified atom stereocenters. The van der Waals surface area contributed by atoms with Gasteiger partial charge in [0.15, 0.2) is 11.0 Å². The Morgan fingerprint density at radius 3 is 2.61 bits per heavy atom. The summed E-state index contributed by atoms with van der Waals surface area (Å²) >= 11 is 1.60. The van der Waals surface area contributed by atoms with E-state index in [1.165, 1.54) is 5.56 Å². The third-order valence-corrected chi connectivity index (χ3v) is 6.43. The molecular weight excluding hydrogens is 408 g/mol. The largest absolute Gasteiger partial charge is 0.353 e. The highest BCUT2D eigenvalue weighted by molar-refractivity contribution is 7.99. The molecule has 4 rings (SSSR count). The van der Waals surface area contributed by atoms with Crippen LogP contribution < -0.4 is 4.90 Å². The summed E-state index contributed by atoms with van der Waals surface area (Å²) in [5, 5.41) is 9.66. The minimum Gasteiger partial charge on any atom is -0.353 e. The fourth-order valence-corrected chi connectivity index (χ4v) is 4.72. The van der Waals surface area contributed by atoms with Crippen molar-refractivity contribution in [2.45, 2.75) is 32.0 Å². The molecular formula is C23H28N6OS. The van der Waals surface area contributed by atoms with E-state index in [0.717, 1.165) is 55.1 Å². The third kappa shape index (κ3) is 5.07. The predicted octanol–water partition coefficient (Wildman–Crippen LogP) is 3.50. The number of pyridine rings is 1. The van der Waals surface area contributed by atoms with Crippen LogP contribution in [0.1, 0.15) is 18.9 Å². The second kappa shape index (κ2) is 9.96. The molecule has 0 saturated carbocycles. The van der Waals surface area contributed by atoms with Crippen LogP contribution in [0.2, 0.25) is 0 Å². The first-order valence-electron chi connectivity index (χ1n) is 10.7. The number of nitrogens with zero attached hydrogens (tertiary/aromatic N) is 6. The van der Waals surface area contributed by atoms with E-state index in [0.29, 0.717) is 12.2 Å². The Morgan fingerprint density at radius 2 is 1.90 bits per heavy atom. The highest BCUT2D eigenvalue weighted by Gasteiger charge is 2.22. The molecule has 31 heavy (non-hydrogen) atoms. The molecule has 162 valence electrons. The van der Waals surface area contributed by atoms with Crippen molar-refractivity contribution in [2.75, 3.05) is 36.8 Å². The van der Waals surface area contributed by atoms with Crippen molar-refractivity contribution in [3.8, 4) is 11.4 Å². The average Bonchev–Trinajstić information content (AvgIpc) is 3.22. The number of carbonyl (C=O) groups is 1. The third-order valence-electron chi connectivity index (χ3n) is 5.46. The number of thioether (sulfide) groups is 1. The summed E-state index contributed by atoms with van der Waals surface area (Å²) in [5.41, 5.74) is 2.27. The zero-order chi connectivity index (χ0) is 21.6. The van der Waals surface area contributed by atoms with E-state index in [2.05, 4.69) is 56.7 Å². The minimum atomic E-state index is 0.203. The first-order chi connectivity index (χ1) is 15.2. The molecule has 0 radical (unpaired) electrons. The van der Waals surface area contributed by atoms with Gasteiger partial charge in [-0.1, -0.05) is 41.6 Å². The molecule has 1 aliphatic heterocycles. The van der Waals surface area contributed by atoms with Crippen molar-refractivity contribution in [1.29, 1.82) is 0 Å². The molecule has 1 aliphatic rings. The van der Waals surface area contributed by atoms with E-state index in [1.54, 1.807) is 11.8 Å². The molecule has 1 saturated heterocycles. The van der Waals surface area contributed by atoms with Crippen LogP contribution in [0, 0.1) is 6.92 Å². The number of anilines is 1. The lowest BCUT2D eigenvalue weighted by Crippen LogP contribution is -2.49. The van der Waals surface area contributed by atoms with Gasteiger partial charge in [-0.3, -0.25) is 4.79 Å². The number of carbonyl (C=O) groups excluding carboxylic acids is 1. The van der Waals surface area contributed by atoms with E-state index in [1.807, 2.05) is 35.4 Å². The minimum absolute atomic E-state index is 0.203. The van der Waals surface area contributed by atoms with Crippen LogP contribution in [0.3, 0.4) is 0 Å². The molecule has 0 aliphatic carbocycles. The van der Waals surface area contributed by atoms with Crippen molar-refractivity contribution in [3.05, 3.63) is 54.2 Å². The summed E-state index contributed by atoms with van der Waals surface area (Å²) in [6.45, 7) is 8.08. The van der Waals surface area contributed by atoms with Gasteiger partial charge in [-0.05, 0) is 32.0 Å². The van der Waals surface area contributed by atoms with E-state index in [-0.39, 0.29) is 5.91 Å². The lowest BCUT2D eigenvalue weighted by molar-refractivity contribution is -0.131. The van der Waals surface area contributed by atoms with Crippen molar-refractivity contribution < 1.29 is 4.79 Å². The van der Waals surface area contributed by atoms with Gasteiger partial charge in [0.1, 0.15) is 5.82 Å². The summed E-state index contributed by atoms with van der Waals surface area (Å²) in [6.07, 6.45) is 2.31. The molecule has 3 aromatic rings. The Morgan fingerprint density at radius 1 is 1.06 bits per heavy atom. The molecule has 0 atom stereocenters. The maximum absolute atomic E-state index is 12.7. The van der Waals surface area contributed by atoms with Crippen molar-refractivity contribution in [1.82, 2.24) is 24.6 Å². The number of aryl methyl sites for hydroxylation is 1. The van der Waals surface area contributed by atoms with E-state index < -0.39 is 0 Å². The van der Waals surface area contributed by atoms with E-state index in [4.69, 9.17) is 0 Å². The van der Waals surface area contributed by atoms with Crippen LogP contribution in [0.5, 0.6) is 0 Å². The summed E-state index contributed by atoms with van der Waals surface area (Å²) < 4.78 is 2.12. The fraction of sp³-hybridized carbons (Fsp3) is 0.391. The number of amides is 1. The Balaban J connectivity index is 1.29. The van der Waals surface area contributed by atoms with Gasteiger partial charge in [0, 0.05) is 56.7 Å². The lowest BCUT2D eigenvalue weighted by Gasteiger charge is -2.35. The zero-order valence-corrected chi connectivity index (χ0v) is 18.9. The number of piperazine rings is 1. The quantitative estimate of drug-likeness (QED) is 0.528. The van der Waals surface area contributed by atoms with Crippen LogP contribution in [0.4, 0.5) is 5.82 Å². The number of hydrogen-bond acceptors (Lipinski definition) is 6. The van der Waals surface area contributed by atoms with Gasteiger partial charge in [0.05, 0.1) is 0 Å². The monoisotopic (exact) mass is 436 g/mol. The van der Waals surface area contributed by atoms with Gasteiger partial charge < -0.3 is 14.4 Å². The van der Waals surface area contributed by atoms with Crippen LogP contribution in [-0.2, 0) is 11.3 Å². The average molecular weight is 437 g/mol. The van der Waals surface area contributed by atoms with E-state index in [9.17, 15) is 4.79 Å². The maximum atomic E-state index is 12.7. The normalized spacial score (nSPS) is 14.1. The number of benzene rings is 1. The molecule has 1 fully saturated rings. The molecule has 1 amide bonds. The first-order valence-corrected chi connectivity index (χ1v) is 11.7. The fourth-order valence-electron chi connectivity index (χ4n) is 3.79. The van der Waals surface area contributed by atoms with Crippen molar-refractivity contribution in [2.24, 2.45) is 0 Å². The molecule has 0 bridgehead atoms. The van der Waals surface area contributed by atoms with Gasteiger partial charge in [-0.2, -0.15) is 0 Å². The number of rotatable bonds is 7. The van der Waals surface area contributed by atoms with Crippen LogP contribution >= 0.6 is 11.8 Å². The summed E-state index contributed by atoms with van der Waals surface area (Å²) in [6, 6.07) is 14.2. The number of hydrogen-bond donors (Lipinski definition) is 0. The van der Waals surface area contributed by atoms with Crippen LogP contribution in [-0.4, -0.2) is 62.5 Å². The van der Waals surface area contributed by atoms with Gasteiger partial charge >= 0.3 is 0 Å². The molecule has 0 N–H and O–H groups in total. The molecule has 0 spiro atoms. The molecule has 7 nitrogen and oxygen atoms in total. The summed E-state index contributed by atoms with van der Waals surface area (Å²) in [5.74, 6) is 2.76. The molecule has 2 aromatic heterocycles. The molecule has 1 aromatic carbocycles. The topological polar surface area (TPSA) is 67.2 Å². The Labute approximate surface area is 187 Å². The maximum Gasteiger partial charge on any atom is 0.223 e. The summed E-state index contributed by atoms with van der Waals surface area (Å²) in [7, 11) is 0. The van der Waals surface area contributed by atoms with Crippen LogP contribution in [0.15, 0.2) is 53.8 Å². The van der Waals surface area contributed by atoms with Gasteiger partial charge in [-0.15, -0.1) is 10.2 Å². The van der Waals surface area contributed by atoms with E-state index >= 15 is 0 Å². The highest BCUT2D eigenvalue weighted by Crippen LogP contribution is 2.25. The Bertz CT molecular complexity index is 1010. The first kappa shape index (κ1) is 21.4. The Hall–Kier alpha value is -2.87. The zero-order valence-electron chi connectivity index (χ0n) is 18.1. The smallest absolute Gasteiger partial charge is 0.223 e. The van der Waals surface area contributed by atoms with Crippen LogP contribution in [0.25, 0.3) is 11.4 Å². The molecule has 8 heteroatoms. The summed E-state index contributed by atoms with van der Waals surface area (Å²) in [4.78, 5) is 21.3. The lowest BCUT2D eigenvalue weighted by atomic mass is 10.1. The second-order valence-electron chi connectivity index (χ2n) is 7.57. The van der Waals surface area contributed by atoms with Crippen molar-refractivity contribution in [3.63, 3.8) is 0 Å². The molecule has 3 heterocycles. The second-order valence-corrected chi connectivity index (χ2v) is 8.64. The van der Waals surface area contributed by atoms with Gasteiger partial charge in [-0.25, -0.2) is 4.98 Å². The highest BCUT2D eigenvalue weighted by atomic mass is 32.2. The standard InChI is InChI=1S/C23H28N6OS/c1-3-29-22(19-8-6-7-18(2)17-19)25-26-23(29)31-16-10-21(30)28-14-12-27(13-15-28)20-9-4-5-11-24-20/h4-9,11,17H,3,10,12-16H2,1-2H3. The number of aromatic nitrogens is 4. The Kier molecular flexibility index (Phi) is 6.86. The SMILES string of the molecule is CCn1c(SCCC(=O)N2CCN(c3ccccn3)CC2)nnc1-c1cccc(C)c1. The van der Waals surface area contributed by atoms with Gasteiger partial charge in [0.2, 0.25) is 5.91 Å². The predicted molar refractivity (Wildman–Crippen MR) is 124 cm³/mol. The van der Waals surface area contributed by atoms with Gasteiger partial charge in [0.25, 0.3) is 0 Å². The van der Waals surface area contributed by atoms with Crippen molar-refractivity contribution >= 4 is 23.5 Å².